The Hall–Kier alpha value is 0.250. The van der Waals surface area contributed by atoms with Crippen LogP contribution in [0.5, 0.6) is 0 Å². The zero-order chi connectivity index (χ0) is 9.73. The minimum atomic E-state index is 0.472. The van der Waals surface area contributed by atoms with Crippen LogP contribution in [0.4, 0.5) is 0 Å². The van der Waals surface area contributed by atoms with Gasteiger partial charge in [-0.1, -0.05) is 13.8 Å². The molecule has 0 aliphatic heterocycles. The average molecular weight is 205 g/mol. The Bertz CT molecular complexity index is 141. The fourth-order valence-corrected chi connectivity index (χ4v) is 1.74. The molecule has 1 nitrogen and oxygen atoms in total. The summed E-state index contributed by atoms with van der Waals surface area (Å²) < 4.78 is 5.56. The average Bonchev–Trinajstić information content (AvgIpc) is 2.84. The maximum Gasteiger partial charge on any atom is 0.0471 e. The molecule has 0 spiro atoms. The van der Waals surface area contributed by atoms with Crippen molar-refractivity contribution in [2.75, 3.05) is 19.1 Å². The SMILES string of the molecule is CC(C)CCOCCC1(CCl)CC1. The first kappa shape index (κ1) is 11.3. The van der Waals surface area contributed by atoms with Gasteiger partial charge in [-0.2, -0.15) is 0 Å². The predicted molar refractivity (Wildman–Crippen MR) is 57.3 cm³/mol. The molecule has 1 rings (SSSR count). The molecule has 0 aromatic carbocycles. The molecule has 1 saturated carbocycles. The summed E-state index contributed by atoms with van der Waals surface area (Å²) >= 11 is 5.86. The van der Waals surface area contributed by atoms with Crippen molar-refractivity contribution in [3.63, 3.8) is 0 Å². The Kier molecular flexibility index (Phi) is 4.54. The number of alkyl halides is 1. The van der Waals surface area contributed by atoms with Gasteiger partial charge in [-0.15, -0.1) is 11.6 Å². The van der Waals surface area contributed by atoms with Gasteiger partial charge < -0.3 is 4.74 Å². The van der Waals surface area contributed by atoms with Gasteiger partial charge in [0.15, 0.2) is 0 Å². The molecular formula is C11H21ClO. The molecule has 0 heterocycles. The van der Waals surface area contributed by atoms with Crippen LogP contribution < -0.4 is 0 Å². The van der Waals surface area contributed by atoms with E-state index in [0.717, 1.165) is 31.4 Å². The lowest BCUT2D eigenvalue weighted by Gasteiger charge is -2.11. The second-order valence-corrected chi connectivity index (χ2v) is 4.95. The van der Waals surface area contributed by atoms with Gasteiger partial charge in [-0.25, -0.2) is 0 Å². The highest BCUT2D eigenvalue weighted by atomic mass is 35.5. The largest absolute Gasteiger partial charge is 0.381 e. The molecule has 0 aromatic rings. The predicted octanol–water partition coefficient (Wildman–Crippen LogP) is 3.46. The van der Waals surface area contributed by atoms with E-state index < -0.39 is 0 Å². The number of hydrogen-bond acceptors (Lipinski definition) is 1. The highest BCUT2D eigenvalue weighted by Gasteiger charge is 2.40. The van der Waals surface area contributed by atoms with Crippen LogP contribution in [0, 0.1) is 11.3 Å². The second kappa shape index (κ2) is 5.21. The Labute approximate surface area is 86.8 Å². The summed E-state index contributed by atoms with van der Waals surface area (Å²) in [6, 6.07) is 0. The van der Waals surface area contributed by atoms with E-state index in [0.29, 0.717) is 5.41 Å². The molecular weight excluding hydrogens is 184 g/mol. The molecule has 1 aliphatic carbocycles. The highest BCUT2D eigenvalue weighted by molar-refractivity contribution is 6.18. The lowest BCUT2D eigenvalue weighted by Crippen LogP contribution is -2.08. The Balaban J connectivity index is 1.90. The lowest BCUT2D eigenvalue weighted by molar-refractivity contribution is 0.110. The summed E-state index contributed by atoms with van der Waals surface area (Å²) in [5, 5.41) is 0. The number of hydrogen-bond donors (Lipinski definition) is 0. The second-order valence-electron chi connectivity index (χ2n) is 4.68. The monoisotopic (exact) mass is 204 g/mol. The maximum atomic E-state index is 5.86. The van der Waals surface area contributed by atoms with Crippen molar-refractivity contribution in [2.24, 2.45) is 11.3 Å². The molecule has 13 heavy (non-hydrogen) atoms. The van der Waals surface area contributed by atoms with Gasteiger partial charge in [0, 0.05) is 19.1 Å². The molecule has 78 valence electrons. The van der Waals surface area contributed by atoms with E-state index in [9.17, 15) is 0 Å². The smallest absolute Gasteiger partial charge is 0.0471 e. The van der Waals surface area contributed by atoms with Crippen molar-refractivity contribution in [1.82, 2.24) is 0 Å². The van der Waals surface area contributed by atoms with Crippen molar-refractivity contribution in [1.29, 1.82) is 0 Å². The van der Waals surface area contributed by atoms with Gasteiger partial charge in [0.2, 0.25) is 0 Å². The summed E-state index contributed by atoms with van der Waals surface area (Å²) in [7, 11) is 0. The molecule has 0 aromatic heterocycles. The van der Waals surface area contributed by atoms with Crippen molar-refractivity contribution in [3.05, 3.63) is 0 Å². The molecule has 0 radical (unpaired) electrons. The van der Waals surface area contributed by atoms with Crippen molar-refractivity contribution >= 4 is 11.6 Å². The van der Waals surface area contributed by atoms with Crippen molar-refractivity contribution in [3.8, 4) is 0 Å². The molecule has 0 atom stereocenters. The van der Waals surface area contributed by atoms with Gasteiger partial charge in [-0.3, -0.25) is 0 Å². The lowest BCUT2D eigenvalue weighted by atomic mass is 10.1. The van der Waals surface area contributed by atoms with E-state index in [4.69, 9.17) is 16.3 Å². The fourth-order valence-electron chi connectivity index (χ4n) is 1.34. The van der Waals surface area contributed by atoms with E-state index in [-0.39, 0.29) is 0 Å². The van der Waals surface area contributed by atoms with E-state index in [1.807, 2.05) is 0 Å². The first-order chi connectivity index (χ1) is 6.18. The molecule has 0 unspecified atom stereocenters. The van der Waals surface area contributed by atoms with Crippen molar-refractivity contribution in [2.45, 2.75) is 39.5 Å². The van der Waals surface area contributed by atoms with Crippen LogP contribution >= 0.6 is 11.6 Å². The third-order valence-corrected chi connectivity index (χ3v) is 3.42. The van der Waals surface area contributed by atoms with Gasteiger partial charge in [0.1, 0.15) is 0 Å². The van der Waals surface area contributed by atoms with Crippen LogP contribution in [0.2, 0.25) is 0 Å². The van der Waals surface area contributed by atoms with E-state index in [1.165, 1.54) is 19.3 Å². The Morgan fingerprint density at radius 2 is 2.00 bits per heavy atom. The molecule has 0 saturated heterocycles. The molecule has 0 N–H and O–H groups in total. The number of rotatable bonds is 7. The van der Waals surface area contributed by atoms with E-state index >= 15 is 0 Å². The summed E-state index contributed by atoms with van der Waals surface area (Å²) in [5.74, 6) is 1.57. The first-order valence-corrected chi connectivity index (χ1v) is 5.86. The fraction of sp³-hybridized carbons (Fsp3) is 1.00. The first-order valence-electron chi connectivity index (χ1n) is 5.32. The summed E-state index contributed by atoms with van der Waals surface area (Å²) in [4.78, 5) is 0. The third-order valence-electron chi connectivity index (χ3n) is 2.86. The summed E-state index contributed by atoms with van der Waals surface area (Å²) in [6.07, 6.45) is 4.95. The van der Waals surface area contributed by atoms with E-state index in [1.54, 1.807) is 0 Å². The number of halogens is 1. The van der Waals surface area contributed by atoms with E-state index in [2.05, 4.69) is 13.8 Å². The van der Waals surface area contributed by atoms with Crippen LogP contribution in [-0.4, -0.2) is 19.1 Å². The van der Waals surface area contributed by atoms with Gasteiger partial charge in [-0.05, 0) is 37.0 Å². The minimum Gasteiger partial charge on any atom is -0.381 e. The summed E-state index contributed by atoms with van der Waals surface area (Å²) in [6.45, 7) is 6.27. The molecule has 0 amide bonds. The molecule has 1 aliphatic rings. The normalized spacial score (nSPS) is 19.4. The topological polar surface area (TPSA) is 9.23 Å². The van der Waals surface area contributed by atoms with Crippen LogP contribution in [0.15, 0.2) is 0 Å². The zero-order valence-corrected chi connectivity index (χ0v) is 9.57. The van der Waals surface area contributed by atoms with Crippen LogP contribution in [0.3, 0.4) is 0 Å². The minimum absolute atomic E-state index is 0.472. The van der Waals surface area contributed by atoms with Gasteiger partial charge >= 0.3 is 0 Å². The van der Waals surface area contributed by atoms with Gasteiger partial charge in [0.25, 0.3) is 0 Å². The zero-order valence-electron chi connectivity index (χ0n) is 8.81. The summed E-state index contributed by atoms with van der Waals surface area (Å²) in [5.41, 5.74) is 0.472. The van der Waals surface area contributed by atoms with Crippen molar-refractivity contribution < 1.29 is 4.74 Å². The standard InChI is InChI=1S/C11H21ClO/c1-10(2)3-7-13-8-6-11(9-12)4-5-11/h10H,3-9H2,1-2H3. The third kappa shape index (κ3) is 4.33. The highest BCUT2D eigenvalue weighted by Crippen LogP contribution is 2.49. The van der Waals surface area contributed by atoms with Crippen LogP contribution in [0.25, 0.3) is 0 Å². The maximum absolute atomic E-state index is 5.86. The van der Waals surface area contributed by atoms with Crippen LogP contribution in [0.1, 0.15) is 39.5 Å². The Morgan fingerprint density at radius 1 is 1.31 bits per heavy atom. The number of ether oxygens (including phenoxy) is 1. The molecule has 2 heteroatoms. The molecule has 0 bridgehead atoms. The van der Waals surface area contributed by atoms with Gasteiger partial charge in [0.05, 0.1) is 0 Å². The molecule has 1 fully saturated rings. The Morgan fingerprint density at radius 3 is 2.46 bits per heavy atom. The quantitative estimate of drug-likeness (QED) is 0.456. The van der Waals surface area contributed by atoms with Crippen LogP contribution in [-0.2, 0) is 4.74 Å².